The third-order valence-electron chi connectivity index (χ3n) is 6.48. The average molecular weight is 551 g/mol. The number of amides is 1. The number of carbonyl (C=O) groups excluding carboxylic acids is 1. The number of pyridine rings is 1. The van der Waals surface area contributed by atoms with Crippen molar-refractivity contribution >= 4 is 34.9 Å². The van der Waals surface area contributed by atoms with Crippen LogP contribution in [-0.2, 0) is 19.7 Å². The van der Waals surface area contributed by atoms with Gasteiger partial charge in [0.1, 0.15) is 17.3 Å². The summed E-state index contributed by atoms with van der Waals surface area (Å²) >= 11 is 12.3. The fraction of sp³-hybridized carbons (Fsp3) is 0.385. The van der Waals surface area contributed by atoms with Crippen LogP contribution in [0.2, 0.25) is 10.0 Å². The van der Waals surface area contributed by atoms with Crippen LogP contribution in [0.1, 0.15) is 35.5 Å². The lowest BCUT2D eigenvalue weighted by atomic mass is 9.89. The summed E-state index contributed by atoms with van der Waals surface area (Å²) in [7, 11) is 0. The topological polar surface area (TPSA) is 111 Å². The third-order valence-corrected chi connectivity index (χ3v) is 7.07. The molecule has 0 aliphatic carbocycles. The predicted molar refractivity (Wildman–Crippen MR) is 140 cm³/mol. The SMILES string of the molecule is CC(C)Nc1cc(-c2cc3n(c2)CC(CO)(CO)CN(Cc2cc(F)c(Cl)cc2CO)C3=O)c(Cl)cn1. The molecule has 1 aliphatic rings. The Bertz CT molecular complexity index is 1310. The molecule has 37 heavy (non-hydrogen) atoms. The van der Waals surface area contributed by atoms with Crippen molar-refractivity contribution in [1.29, 1.82) is 0 Å². The molecular formula is C26H29Cl2FN4O4. The molecule has 0 bridgehead atoms. The number of benzene rings is 1. The van der Waals surface area contributed by atoms with Crippen molar-refractivity contribution in [3.63, 3.8) is 0 Å². The molecule has 0 radical (unpaired) electrons. The second-order valence-corrected chi connectivity index (χ2v) is 10.6. The van der Waals surface area contributed by atoms with Crippen molar-refractivity contribution < 1.29 is 24.5 Å². The Balaban J connectivity index is 1.77. The van der Waals surface area contributed by atoms with Gasteiger partial charge in [0.05, 0.1) is 35.3 Å². The van der Waals surface area contributed by atoms with Crippen LogP contribution >= 0.6 is 23.2 Å². The molecule has 11 heteroatoms. The number of fused-ring (bicyclic) bond motifs is 1. The molecule has 0 saturated carbocycles. The molecule has 3 aromatic rings. The lowest BCUT2D eigenvalue weighted by Crippen LogP contribution is -2.44. The molecule has 8 nitrogen and oxygen atoms in total. The molecule has 2 aromatic heterocycles. The molecule has 0 spiro atoms. The highest BCUT2D eigenvalue weighted by atomic mass is 35.5. The van der Waals surface area contributed by atoms with Crippen LogP contribution in [-0.4, -0.2) is 61.5 Å². The van der Waals surface area contributed by atoms with E-state index in [2.05, 4.69) is 10.3 Å². The second-order valence-electron chi connectivity index (χ2n) is 9.76. The molecule has 4 N–H and O–H groups in total. The highest BCUT2D eigenvalue weighted by molar-refractivity contribution is 6.33. The van der Waals surface area contributed by atoms with E-state index in [4.69, 9.17) is 23.2 Å². The summed E-state index contributed by atoms with van der Waals surface area (Å²) in [5.74, 6) is -0.416. The van der Waals surface area contributed by atoms with Crippen LogP contribution in [0.25, 0.3) is 11.1 Å². The fourth-order valence-electron chi connectivity index (χ4n) is 4.56. The normalized spacial score (nSPS) is 15.2. The standard InChI is InChI=1S/C26H29Cl2FN4O4/c1-15(2)31-24-6-19(21(28)7-30-24)17-5-23-25(37)33(12-26(13-35,14-36)11-32(23)9-17)8-16-4-22(29)20(27)3-18(16)10-34/h3-7,9,15,34-36H,8,10-14H2,1-2H3,(H,30,31). The Labute approximate surface area is 224 Å². The predicted octanol–water partition coefficient (Wildman–Crippen LogP) is 3.94. The number of nitrogens with zero attached hydrogens (tertiary/aromatic N) is 3. The largest absolute Gasteiger partial charge is 0.396 e. The van der Waals surface area contributed by atoms with Gasteiger partial charge >= 0.3 is 0 Å². The lowest BCUT2D eigenvalue weighted by Gasteiger charge is -2.33. The van der Waals surface area contributed by atoms with E-state index in [0.29, 0.717) is 38.8 Å². The van der Waals surface area contributed by atoms with Crippen molar-refractivity contribution in [2.75, 3.05) is 25.1 Å². The van der Waals surface area contributed by atoms with Crippen LogP contribution < -0.4 is 5.32 Å². The van der Waals surface area contributed by atoms with Crippen molar-refractivity contribution in [2.45, 2.75) is 39.6 Å². The smallest absolute Gasteiger partial charge is 0.270 e. The summed E-state index contributed by atoms with van der Waals surface area (Å²) in [5.41, 5.74) is 1.36. The van der Waals surface area contributed by atoms with E-state index in [0.717, 1.165) is 0 Å². The van der Waals surface area contributed by atoms with Gasteiger partial charge in [-0.1, -0.05) is 23.2 Å². The van der Waals surface area contributed by atoms with Crippen LogP contribution in [0.3, 0.4) is 0 Å². The minimum atomic E-state index is -1.06. The minimum absolute atomic E-state index is 0.0173. The summed E-state index contributed by atoms with van der Waals surface area (Å²) in [5, 5.41) is 33.8. The van der Waals surface area contributed by atoms with Gasteiger partial charge in [-0.25, -0.2) is 9.37 Å². The Kier molecular flexibility index (Phi) is 8.11. The van der Waals surface area contributed by atoms with E-state index in [1.807, 2.05) is 13.8 Å². The first kappa shape index (κ1) is 27.3. The molecule has 1 aromatic carbocycles. The van der Waals surface area contributed by atoms with Crippen molar-refractivity contribution in [1.82, 2.24) is 14.5 Å². The molecule has 4 rings (SSSR count). The van der Waals surface area contributed by atoms with Gasteiger partial charge in [0.15, 0.2) is 0 Å². The number of nitrogens with one attached hydrogen (secondary N) is 1. The van der Waals surface area contributed by atoms with Gasteiger partial charge in [-0.3, -0.25) is 4.79 Å². The number of aliphatic hydroxyl groups is 3. The van der Waals surface area contributed by atoms with Crippen molar-refractivity contribution in [2.24, 2.45) is 5.41 Å². The van der Waals surface area contributed by atoms with Crippen LogP contribution in [0.4, 0.5) is 10.2 Å². The van der Waals surface area contributed by atoms with Gasteiger partial charge < -0.3 is 30.1 Å². The molecule has 0 saturated heterocycles. The van der Waals surface area contributed by atoms with E-state index in [1.54, 1.807) is 22.9 Å². The van der Waals surface area contributed by atoms with Gasteiger partial charge in [0, 0.05) is 49.2 Å². The fourth-order valence-corrected chi connectivity index (χ4v) is 4.96. The van der Waals surface area contributed by atoms with Gasteiger partial charge in [-0.2, -0.15) is 0 Å². The first-order valence-electron chi connectivity index (χ1n) is 11.8. The molecular weight excluding hydrogens is 522 g/mol. The maximum absolute atomic E-state index is 14.3. The van der Waals surface area contributed by atoms with E-state index in [9.17, 15) is 24.5 Å². The molecule has 0 atom stereocenters. The Morgan fingerprint density at radius 3 is 2.46 bits per heavy atom. The van der Waals surface area contributed by atoms with Gasteiger partial charge in [-0.05, 0) is 49.2 Å². The number of rotatable bonds is 8. The van der Waals surface area contributed by atoms with Crippen LogP contribution in [0.15, 0.2) is 36.7 Å². The van der Waals surface area contributed by atoms with Crippen LogP contribution in [0, 0.1) is 11.2 Å². The number of aromatic nitrogens is 2. The summed E-state index contributed by atoms with van der Waals surface area (Å²) in [6, 6.07) is 6.18. The molecule has 1 aliphatic heterocycles. The van der Waals surface area contributed by atoms with E-state index in [-0.39, 0.29) is 49.8 Å². The third kappa shape index (κ3) is 5.61. The first-order chi connectivity index (χ1) is 17.6. The van der Waals surface area contributed by atoms with E-state index in [1.165, 1.54) is 23.2 Å². The van der Waals surface area contributed by atoms with Crippen LogP contribution in [0.5, 0.6) is 0 Å². The minimum Gasteiger partial charge on any atom is -0.396 e. The van der Waals surface area contributed by atoms with E-state index < -0.39 is 17.8 Å². The monoisotopic (exact) mass is 550 g/mol. The summed E-state index contributed by atoms with van der Waals surface area (Å²) < 4.78 is 16.0. The quantitative estimate of drug-likeness (QED) is 0.338. The molecule has 0 fully saturated rings. The zero-order chi connectivity index (χ0) is 26.9. The first-order valence-corrected chi connectivity index (χ1v) is 12.6. The number of anilines is 1. The maximum atomic E-state index is 14.3. The second kappa shape index (κ2) is 11.0. The molecule has 198 valence electrons. The highest BCUT2D eigenvalue weighted by Crippen LogP contribution is 2.35. The van der Waals surface area contributed by atoms with Crippen molar-refractivity contribution in [3.8, 4) is 11.1 Å². The molecule has 1 amide bonds. The summed E-state index contributed by atoms with van der Waals surface area (Å²) in [4.78, 5) is 19.5. The van der Waals surface area contributed by atoms with Gasteiger partial charge in [0.2, 0.25) is 0 Å². The molecule has 3 heterocycles. The average Bonchev–Trinajstić information content (AvgIpc) is 3.24. The Morgan fingerprint density at radius 1 is 1.08 bits per heavy atom. The summed E-state index contributed by atoms with van der Waals surface area (Å²) in [6.45, 7) is 2.94. The maximum Gasteiger partial charge on any atom is 0.270 e. The summed E-state index contributed by atoms with van der Waals surface area (Å²) in [6.07, 6.45) is 3.30. The number of carbonyl (C=O) groups is 1. The van der Waals surface area contributed by atoms with Gasteiger partial charge in [0.25, 0.3) is 5.91 Å². The van der Waals surface area contributed by atoms with Crippen molar-refractivity contribution in [3.05, 3.63) is 69.3 Å². The number of aliphatic hydroxyl groups excluding tert-OH is 3. The number of hydrogen-bond acceptors (Lipinski definition) is 6. The number of hydrogen-bond donors (Lipinski definition) is 4. The highest BCUT2D eigenvalue weighted by Gasteiger charge is 2.39. The Morgan fingerprint density at radius 2 is 1.81 bits per heavy atom. The molecule has 0 unspecified atom stereocenters. The van der Waals surface area contributed by atoms with E-state index >= 15 is 0 Å². The Hall–Kier alpha value is -2.69. The zero-order valence-electron chi connectivity index (χ0n) is 20.5. The zero-order valence-corrected chi connectivity index (χ0v) is 22.0. The number of halogens is 3. The lowest BCUT2D eigenvalue weighted by molar-refractivity contribution is 0.0143. The van der Waals surface area contributed by atoms with Gasteiger partial charge in [-0.15, -0.1) is 0 Å².